The molecule has 0 radical (unpaired) electrons. The number of hydrogen-bond acceptors (Lipinski definition) is 5. The van der Waals surface area contributed by atoms with Gasteiger partial charge in [0.2, 0.25) is 11.8 Å². The van der Waals surface area contributed by atoms with Crippen LogP contribution < -0.4 is 10.2 Å². The van der Waals surface area contributed by atoms with Crippen LogP contribution in [0.2, 0.25) is 0 Å². The zero-order chi connectivity index (χ0) is 19.1. The highest BCUT2D eigenvalue weighted by molar-refractivity contribution is 6.24. The third-order valence-corrected chi connectivity index (χ3v) is 5.45. The first-order valence-electron chi connectivity index (χ1n) is 8.87. The molecule has 2 saturated heterocycles. The summed E-state index contributed by atoms with van der Waals surface area (Å²) in [5.74, 6) is -2.61. The van der Waals surface area contributed by atoms with Crippen LogP contribution in [0.1, 0.15) is 17.2 Å². The van der Waals surface area contributed by atoms with E-state index in [4.69, 9.17) is 4.74 Å². The van der Waals surface area contributed by atoms with Crippen LogP contribution in [0, 0.1) is 18.8 Å². The fourth-order valence-electron chi connectivity index (χ4n) is 4.17. The molecule has 0 unspecified atom stereocenters. The number of carbonyl (C=O) groups excluding carboxylic acids is 3. The molecule has 2 aliphatic rings. The van der Waals surface area contributed by atoms with Crippen LogP contribution in [-0.2, 0) is 19.1 Å². The van der Waals surface area contributed by atoms with Crippen molar-refractivity contribution in [3.05, 3.63) is 65.7 Å². The fourth-order valence-corrected chi connectivity index (χ4v) is 4.17. The maximum absolute atomic E-state index is 13.3. The first-order valence-corrected chi connectivity index (χ1v) is 8.87. The Bertz CT molecular complexity index is 911. The Labute approximate surface area is 157 Å². The van der Waals surface area contributed by atoms with Crippen molar-refractivity contribution in [1.82, 2.24) is 5.32 Å². The van der Waals surface area contributed by atoms with Gasteiger partial charge >= 0.3 is 5.97 Å². The van der Waals surface area contributed by atoms with Crippen LogP contribution in [0.15, 0.2) is 54.6 Å². The number of fused-ring (bicyclic) bond motifs is 1. The lowest BCUT2D eigenvalue weighted by Crippen LogP contribution is -2.43. The van der Waals surface area contributed by atoms with Crippen molar-refractivity contribution in [2.45, 2.75) is 19.0 Å². The van der Waals surface area contributed by atoms with Gasteiger partial charge in [-0.1, -0.05) is 48.5 Å². The second-order valence-corrected chi connectivity index (χ2v) is 6.91. The molecule has 4 rings (SSSR count). The van der Waals surface area contributed by atoms with Crippen LogP contribution in [0.3, 0.4) is 0 Å². The van der Waals surface area contributed by atoms with E-state index in [1.807, 2.05) is 49.4 Å². The zero-order valence-corrected chi connectivity index (χ0v) is 15.1. The van der Waals surface area contributed by atoms with Crippen molar-refractivity contribution in [2.75, 3.05) is 12.0 Å². The van der Waals surface area contributed by atoms with Crippen LogP contribution in [0.4, 0.5) is 5.69 Å². The Balaban J connectivity index is 1.80. The third-order valence-electron chi connectivity index (χ3n) is 5.45. The average molecular weight is 364 g/mol. The normalized spacial score (nSPS) is 27.0. The summed E-state index contributed by atoms with van der Waals surface area (Å²) in [6, 6.07) is 15.4. The molecule has 0 spiro atoms. The third kappa shape index (κ3) is 2.64. The second kappa shape index (κ2) is 6.63. The predicted octanol–water partition coefficient (Wildman–Crippen LogP) is 1.99. The van der Waals surface area contributed by atoms with Gasteiger partial charge in [-0.2, -0.15) is 0 Å². The van der Waals surface area contributed by atoms with Gasteiger partial charge in [-0.05, 0) is 24.1 Å². The molecule has 2 aromatic carbocycles. The number of benzene rings is 2. The number of nitrogens with one attached hydrogen (secondary N) is 1. The number of carbonyl (C=O) groups is 3. The van der Waals surface area contributed by atoms with Crippen LogP contribution in [0.5, 0.6) is 0 Å². The van der Waals surface area contributed by atoms with E-state index in [1.165, 1.54) is 12.0 Å². The van der Waals surface area contributed by atoms with Crippen molar-refractivity contribution >= 4 is 23.5 Å². The van der Waals surface area contributed by atoms with Crippen molar-refractivity contribution in [1.29, 1.82) is 0 Å². The van der Waals surface area contributed by atoms with Gasteiger partial charge in [0, 0.05) is 6.04 Å². The number of nitrogens with zero attached hydrogens (tertiary/aromatic N) is 1. The van der Waals surface area contributed by atoms with Crippen LogP contribution in [0.25, 0.3) is 0 Å². The summed E-state index contributed by atoms with van der Waals surface area (Å²) in [5, 5.41) is 3.16. The summed E-state index contributed by atoms with van der Waals surface area (Å²) < 4.78 is 4.89. The Morgan fingerprint density at radius 3 is 2.26 bits per heavy atom. The lowest BCUT2D eigenvalue weighted by atomic mass is 9.86. The molecule has 2 heterocycles. The van der Waals surface area contributed by atoms with E-state index in [9.17, 15) is 14.4 Å². The van der Waals surface area contributed by atoms with Gasteiger partial charge in [-0.25, -0.2) is 4.90 Å². The number of anilines is 1. The number of methoxy groups -OCH3 is 1. The maximum atomic E-state index is 13.3. The largest absolute Gasteiger partial charge is 0.468 e. The van der Waals surface area contributed by atoms with Gasteiger partial charge < -0.3 is 4.74 Å². The fraction of sp³-hybridized carbons (Fsp3) is 0.286. The standard InChI is InChI=1S/C21H20N2O4/c1-12-8-6-7-11-14(12)23-19(24)15-16(20(23)25)18(21(26)27-2)22-17(15)13-9-4-3-5-10-13/h3-11,15-18,22H,1-2H3/t15-,16+,17-,18-/m1/s1. The highest BCUT2D eigenvalue weighted by Gasteiger charge is 2.61. The number of imide groups is 1. The number of rotatable bonds is 3. The average Bonchev–Trinajstić information content (AvgIpc) is 3.20. The van der Waals surface area contributed by atoms with E-state index in [0.29, 0.717) is 5.69 Å². The Morgan fingerprint density at radius 1 is 0.963 bits per heavy atom. The van der Waals surface area contributed by atoms with Crippen molar-refractivity contribution in [3.8, 4) is 0 Å². The number of para-hydroxylation sites is 1. The minimum absolute atomic E-state index is 0.285. The van der Waals surface area contributed by atoms with Crippen molar-refractivity contribution in [3.63, 3.8) is 0 Å². The number of ether oxygens (including phenoxy) is 1. The van der Waals surface area contributed by atoms with Gasteiger partial charge in [-0.15, -0.1) is 0 Å². The molecule has 2 fully saturated rings. The van der Waals surface area contributed by atoms with Gasteiger partial charge in [0.25, 0.3) is 0 Å². The molecule has 0 aliphatic carbocycles. The molecule has 0 bridgehead atoms. The van der Waals surface area contributed by atoms with Crippen molar-refractivity contribution in [2.24, 2.45) is 11.8 Å². The van der Waals surface area contributed by atoms with Crippen molar-refractivity contribution < 1.29 is 19.1 Å². The number of hydrogen-bond donors (Lipinski definition) is 1. The van der Waals surface area contributed by atoms with E-state index in [0.717, 1.165) is 11.1 Å². The number of esters is 1. The summed E-state index contributed by atoms with van der Waals surface area (Å²) in [4.78, 5) is 40.1. The Hall–Kier alpha value is -2.99. The van der Waals surface area contributed by atoms with Gasteiger partial charge in [-0.3, -0.25) is 19.7 Å². The van der Waals surface area contributed by atoms with Gasteiger partial charge in [0.05, 0.1) is 24.6 Å². The first kappa shape index (κ1) is 17.4. The van der Waals surface area contributed by atoms with Gasteiger partial charge in [0.1, 0.15) is 6.04 Å². The highest BCUT2D eigenvalue weighted by Crippen LogP contribution is 2.45. The molecule has 6 nitrogen and oxygen atoms in total. The van der Waals surface area contributed by atoms with E-state index in [-0.39, 0.29) is 11.8 Å². The summed E-state index contributed by atoms with van der Waals surface area (Å²) in [7, 11) is 1.29. The molecular weight excluding hydrogens is 344 g/mol. The molecule has 2 aromatic rings. The van der Waals surface area contributed by atoms with E-state index in [1.54, 1.807) is 12.1 Å². The Kier molecular flexibility index (Phi) is 4.28. The highest BCUT2D eigenvalue weighted by atomic mass is 16.5. The molecular formula is C21H20N2O4. The van der Waals surface area contributed by atoms with Crippen LogP contribution >= 0.6 is 0 Å². The summed E-state index contributed by atoms with van der Waals surface area (Å²) in [5.41, 5.74) is 2.27. The maximum Gasteiger partial charge on any atom is 0.323 e. The summed E-state index contributed by atoms with van der Waals surface area (Å²) in [6.07, 6.45) is 0. The monoisotopic (exact) mass is 364 g/mol. The quantitative estimate of drug-likeness (QED) is 0.666. The van der Waals surface area contributed by atoms with E-state index >= 15 is 0 Å². The first-order chi connectivity index (χ1) is 13.0. The molecule has 0 saturated carbocycles. The molecule has 138 valence electrons. The predicted molar refractivity (Wildman–Crippen MR) is 98.8 cm³/mol. The van der Waals surface area contributed by atoms with Crippen LogP contribution in [-0.4, -0.2) is 30.9 Å². The van der Waals surface area contributed by atoms with E-state index < -0.39 is 29.9 Å². The lowest BCUT2D eigenvalue weighted by molar-refractivity contribution is -0.145. The minimum atomic E-state index is -0.851. The smallest absolute Gasteiger partial charge is 0.323 e. The molecule has 2 aliphatic heterocycles. The van der Waals surface area contributed by atoms with E-state index in [2.05, 4.69) is 5.32 Å². The Morgan fingerprint density at radius 2 is 1.59 bits per heavy atom. The molecule has 2 amide bonds. The molecule has 0 aromatic heterocycles. The number of amides is 2. The number of aryl methyl sites for hydroxylation is 1. The molecule has 4 atom stereocenters. The minimum Gasteiger partial charge on any atom is -0.468 e. The summed E-state index contributed by atoms with van der Waals surface area (Å²) >= 11 is 0. The molecule has 27 heavy (non-hydrogen) atoms. The topological polar surface area (TPSA) is 75.7 Å². The van der Waals surface area contributed by atoms with Gasteiger partial charge in [0.15, 0.2) is 0 Å². The second-order valence-electron chi connectivity index (χ2n) is 6.91. The molecule has 1 N–H and O–H groups in total. The lowest BCUT2D eigenvalue weighted by Gasteiger charge is -2.23. The zero-order valence-electron chi connectivity index (χ0n) is 15.1. The molecule has 6 heteroatoms. The summed E-state index contributed by atoms with van der Waals surface area (Å²) in [6.45, 7) is 1.86. The SMILES string of the molecule is COC(=O)[C@@H]1N[C@H](c2ccccc2)[C@@H]2C(=O)N(c3ccccc3C)C(=O)[C@@H]21.